The standard InChI is InChI=1S/C14H16ClNO3S/c1-10(2)14(17)16(12-5-3-4-11(15)8-12)13-6-7-20(18,19)9-13/h3-8,10,13H,9H2,1-2H3/t13-/m1/s1. The van der Waals surface area contributed by atoms with Gasteiger partial charge in [0, 0.05) is 22.0 Å². The number of carbonyl (C=O) groups is 1. The van der Waals surface area contributed by atoms with Crippen molar-refractivity contribution in [1.29, 1.82) is 0 Å². The normalized spacial score (nSPS) is 20.3. The van der Waals surface area contributed by atoms with Gasteiger partial charge in [-0.05, 0) is 24.3 Å². The topological polar surface area (TPSA) is 54.5 Å². The Kier molecular flexibility index (Phi) is 4.20. The minimum Gasteiger partial charge on any atom is -0.304 e. The first-order valence-electron chi connectivity index (χ1n) is 6.30. The summed E-state index contributed by atoms with van der Waals surface area (Å²) < 4.78 is 23.2. The van der Waals surface area contributed by atoms with Crippen molar-refractivity contribution in [2.75, 3.05) is 10.7 Å². The lowest BCUT2D eigenvalue weighted by Gasteiger charge is -2.29. The van der Waals surface area contributed by atoms with Gasteiger partial charge in [0.2, 0.25) is 5.91 Å². The average Bonchev–Trinajstić information content (AvgIpc) is 2.69. The van der Waals surface area contributed by atoms with Gasteiger partial charge in [-0.15, -0.1) is 0 Å². The van der Waals surface area contributed by atoms with Crippen LogP contribution in [-0.4, -0.2) is 26.1 Å². The van der Waals surface area contributed by atoms with Crippen LogP contribution in [0.3, 0.4) is 0 Å². The molecule has 20 heavy (non-hydrogen) atoms. The molecule has 0 aromatic heterocycles. The fourth-order valence-electron chi connectivity index (χ4n) is 2.11. The van der Waals surface area contributed by atoms with Gasteiger partial charge in [0.15, 0.2) is 9.84 Å². The summed E-state index contributed by atoms with van der Waals surface area (Å²) >= 11 is 5.96. The van der Waals surface area contributed by atoms with E-state index in [4.69, 9.17) is 11.6 Å². The molecule has 2 rings (SSSR count). The molecule has 0 fully saturated rings. The van der Waals surface area contributed by atoms with Crippen LogP contribution in [0.4, 0.5) is 5.69 Å². The maximum Gasteiger partial charge on any atom is 0.230 e. The van der Waals surface area contributed by atoms with E-state index in [1.165, 1.54) is 10.3 Å². The summed E-state index contributed by atoms with van der Waals surface area (Å²) in [6.07, 6.45) is 1.55. The molecular weight excluding hydrogens is 298 g/mol. The number of halogens is 1. The molecule has 1 aromatic rings. The Bertz CT molecular complexity index is 652. The number of amides is 1. The second-order valence-corrected chi connectivity index (χ2v) is 7.44. The summed E-state index contributed by atoms with van der Waals surface area (Å²) in [5.41, 5.74) is 0.614. The van der Waals surface area contributed by atoms with Gasteiger partial charge in [-0.25, -0.2) is 8.42 Å². The largest absolute Gasteiger partial charge is 0.304 e. The highest BCUT2D eigenvalue weighted by Crippen LogP contribution is 2.26. The predicted molar refractivity (Wildman–Crippen MR) is 80.5 cm³/mol. The van der Waals surface area contributed by atoms with Crippen molar-refractivity contribution in [3.63, 3.8) is 0 Å². The Labute approximate surface area is 124 Å². The van der Waals surface area contributed by atoms with Crippen molar-refractivity contribution in [2.45, 2.75) is 19.9 Å². The maximum absolute atomic E-state index is 12.4. The predicted octanol–water partition coefficient (Wildman–Crippen LogP) is 2.64. The van der Waals surface area contributed by atoms with Crippen molar-refractivity contribution in [1.82, 2.24) is 0 Å². The van der Waals surface area contributed by atoms with E-state index >= 15 is 0 Å². The summed E-state index contributed by atoms with van der Waals surface area (Å²) in [4.78, 5) is 13.9. The van der Waals surface area contributed by atoms with Crippen LogP contribution in [0.25, 0.3) is 0 Å². The third-order valence-corrected chi connectivity index (χ3v) is 4.67. The molecule has 0 saturated carbocycles. The molecule has 1 heterocycles. The van der Waals surface area contributed by atoms with Gasteiger partial charge < -0.3 is 4.90 Å². The first-order chi connectivity index (χ1) is 9.30. The van der Waals surface area contributed by atoms with Gasteiger partial charge >= 0.3 is 0 Å². The minimum absolute atomic E-state index is 0.0853. The van der Waals surface area contributed by atoms with E-state index in [1.807, 2.05) is 0 Å². The van der Waals surface area contributed by atoms with Crippen molar-refractivity contribution in [3.8, 4) is 0 Å². The number of carbonyl (C=O) groups excluding carboxylic acids is 1. The first-order valence-corrected chi connectivity index (χ1v) is 8.39. The molecule has 0 saturated heterocycles. The highest BCUT2D eigenvalue weighted by Gasteiger charge is 2.32. The molecule has 0 spiro atoms. The van der Waals surface area contributed by atoms with Crippen LogP contribution >= 0.6 is 11.6 Å². The van der Waals surface area contributed by atoms with Gasteiger partial charge in [-0.1, -0.05) is 31.5 Å². The zero-order valence-corrected chi connectivity index (χ0v) is 12.9. The van der Waals surface area contributed by atoms with E-state index in [2.05, 4.69) is 0 Å². The SMILES string of the molecule is CC(C)C(=O)N(c1cccc(Cl)c1)[C@@H]1C=CS(=O)(=O)C1. The zero-order chi connectivity index (χ0) is 14.9. The van der Waals surface area contributed by atoms with Crippen LogP contribution in [0.2, 0.25) is 5.02 Å². The Morgan fingerprint density at radius 2 is 2.10 bits per heavy atom. The summed E-state index contributed by atoms with van der Waals surface area (Å²) in [5.74, 6) is -0.442. The molecular formula is C14H16ClNO3S. The fraction of sp³-hybridized carbons (Fsp3) is 0.357. The first kappa shape index (κ1) is 15.1. The number of sulfone groups is 1. The third kappa shape index (κ3) is 3.22. The Morgan fingerprint density at radius 3 is 2.60 bits per heavy atom. The lowest BCUT2D eigenvalue weighted by atomic mass is 10.1. The minimum atomic E-state index is -3.23. The number of anilines is 1. The van der Waals surface area contributed by atoms with Crippen LogP contribution in [0.15, 0.2) is 35.7 Å². The zero-order valence-electron chi connectivity index (χ0n) is 11.3. The smallest absolute Gasteiger partial charge is 0.230 e. The average molecular weight is 314 g/mol. The molecule has 6 heteroatoms. The number of rotatable bonds is 3. The van der Waals surface area contributed by atoms with Crippen molar-refractivity contribution in [3.05, 3.63) is 40.8 Å². The molecule has 1 aliphatic heterocycles. The highest BCUT2D eigenvalue weighted by molar-refractivity contribution is 7.94. The third-order valence-electron chi connectivity index (χ3n) is 3.06. The number of hydrogen-bond acceptors (Lipinski definition) is 3. The molecule has 1 aromatic carbocycles. The van der Waals surface area contributed by atoms with Crippen molar-refractivity contribution < 1.29 is 13.2 Å². The van der Waals surface area contributed by atoms with Gasteiger partial charge in [0.25, 0.3) is 0 Å². The van der Waals surface area contributed by atoms with Crippen LogP contribution in [0.1, 0.15) is 13.8 Å². The van der Waals surface area contributed by atoms with E-state index in [0.29, 0.717) is 10.7 Å². The molecule has 1 atom stereocenters. The Morgan fingerprint density at radius 1 is 1.40 bits per heavy atom. The maximum atomic E-state index is 12.4. The number of benzene rings is 1. The second kappa shape index (κ2) is 5.58. The molecule has 1 aliphatic rings. The molecule has 4 nitrogen and oxygen atoms in total. The van der Waals surface area contributed by atoms with Crippen molar-refractivity contribution >= 4 is 33.0 Å². The summed E-state index contributed by atoms with van der Waals surface area (Å²) in [5, 5.41) is 1.68. The van der Waals surface area contributed by atoms with Gasteiger partial charge in [0.1, 0.15) is 0 Å². The van der Waals surface area contributed by atoms with Crippen molar-refractivity contribution in [2.24, 2.45) is 5.92 Å². The highest BCUT2D eigenvalue weighted by atomic mass is 35.5. The summed E-state index contributed by atoms with van der Waals surface area (Å²) in [7, 11) is -3.23. The van der Waals surface area contributed by atoms with Crippen LogP contribution in [0, 0.1) is 5.92 Å². The molecule has 108 valence electrons. The Hall–Kier alpha value is -1.33. The van der Waals surface area contributed by atoms with E-state index in [9.17, 15) is 13.2 Å². The van der Waals surface area contributed by atoms with Crippen LogP contribution in [-0.2, 0) is 14.6 Å². The Balaban J connectivity index is 2.41. The quantitative estimate of drug-likeness (QED) is 0.862. The van der Waals surface area contributed by atoms with Crippen LogP contribution in [0.5, 0.6) is 0 Å². The molecule has 0 aliphatic carbocycles. The monoisotopic (exact) mass is 313 g/mol. The molecule has 1 amide bonds. The van der Waals surface area contributed by atoms with E-state index in [-0.39, 0.29) is 17.6 Å². The van der Waals surface area contributed by atoms with Crippen LogP contribution < -0.4 is 4.90 Å². The fourth-order valence-corrected chi connectivity index (χ4v) is 3.56. The van der Waals surface area contributed by atoms with Gasteiger partial charge in [0.05, 0.1) is 11.8 Å². The number of hydrogen-bond donors (Lipinski definition) is 0. The van der Waals surface area contributed by atoms with Gasteiger partial charge in [-0.3, -0.25) is 4.79 Å². The molecule has 0 bridgehead atoms. The molecule has 0 radical (unpaired) electrons. The summed E-state index contributed by atoms with van der Waals surface area (Å²) in [6.45, 7) is 3.57. The van der Waals surface area contributed by atoms with Gasteiger partial charge in [-0.2, -0.15) is 0 Å². The van der Waals surface area contributed by atoms with E-state index in [0.717, 1.165) is 0 Å². The number of nitrogens with zero attached hydrogens (tertiary/aromatic N) is 1. The molecule has 0 N–H and O–H groups in total. The van der Waals surface area contributed by atoms with E-state index < -0.39 is 15.9 Å². The lowest BCUT2D eigenvalue weighted by molar-refractivity contribution is -0.121. The lowest BCUT2D eigenvalue weighted by Crippen LogP contribution is -2.43. The summed E-state index contributed by atoms with van der Waals surface area (Å²) in [6, 6.07) is 6.40. The second-order valence-electron chi connectivity index (χ2n) is 5.07. The van der Waals surface area contributed by atoms with E-state index in [1.54, 1.807) is 44.2 Å². The molecule has 0 unspecified atom stereocenters.